The first kappa shape index (κ1) is 19.4. The van der Waals surface area contributed by atoms with Gasteiger partial charge in [0.15, 0.2) is 17.3 Å². The highest BCUT2D eigenvalue weighted by Gasteiger charge is 2.15. The summed E-state index contributed by atoms with van der Waals surface area (Å²) in [6, 6.07) is 10.5. The number of hydrogen-bond acceptors (Lipinski definition) is 7. The maximum Gasteiger partial charge on any atom is 0.234 e. The molecule has 0 fully saturated rings. The predicted molar refractivity (Wildman–Crippen MR) is 110 cm³/mol. The van der Waals surface area contributed by atoms with Gasteiger partial charge in [0.25, 0.3) is 0 Å². The molecule has 0 atom stereocenters. The Morgan fingerprint density at radius 1 is 1.24 bits per heavy atom. The first-order valence-corrected chi connectivity index (χ1v) is 10.1. The lowest BCUT2D eigenvalue weighted by atomic mass is 10.2. The number of fused-ring (bicyclic) bond motifs is 1. The molecule has 8 nitrogen and oxygen atoms in total. The summed E-state index contributed by atoms with van der Waals surface area (Å²) < 4.78 is 16.3. The Hall–Kier alpha value is -2.91. The molecular formula is C19H17ClN4O4S. The van der Waals surface area contributed by atoms with Crippen LogP contribution in [0, 0.1) is 0 Å². The Labute approximate surface area is 175 Å². The smallest absolute Gasteiger partial charge is 0.234 e. The molecule has 0 spiro atoms. The number of nitrogens with zero attached hydrogens (tertiary/aromatic N) is 2. The van der Waals surface area contributed by atoms with Crippen molar-refractivity contribution in [1.29, 1.82) is 0 Å². The van der Waals surface area contributed by atoms with Crippen molar-refractivity contribution in [3.63, 3.8) is 0 Å². The number of carbonyl (C=O) groups is 1. The number of halogens is 1. The van der Waals surface area contributed by atoms with E-state index in [0.29, 0.717) is 57.7 Å². The molecule has 2 aromatic carbocycles. The van der Waals surface area contributed by atoms with Crippen LogP contribution in [0.1, 0.15) is 0 Å². The number of anilines is 1. The quantitative estimate of drug-likeness (QED) is 0.574. The molecule has 0 saturated heterocycles. The van der Waals surface area contributed by atoms with E-state index >= 15 is 0 Å². The van der Waals surface area contributed by atoms with Gasteiger partial charge in [-0.25, -0.2) is 4.98 Å². The van der Waals surface area contributed by atoms with Gasteiger partial charge >= 0.3 is 0 Å². The third-order valence-electron chi connectivity index (χ3n) is 4.04. The van der Waals surface area contributed by atoms with Crippen LogP contribution in [-0.4, -0.2) is 47.2 Å². The summed E-state index contributed by atoms with van der Waals surface area (Å²) >= 11 is 7.28. The van der Waals surface area contributed by atoms with E-state index in [1.165, 1.54) is 11.8 Å². The van der Waals surface area contributed by atoms with E-state index in [2.05, 4.69) is 20.5 Å². The highest BCUT2D eigenvalue weighted by molar-refractivity contribution is 7.99. The molecule has 1 amide bonds. The molecule has 2 N–H and O–H groups in total. The van der Waals surface area contributed by atoms with E-state index in [4.69, 9.17) is 25.8 Å². The van der Waals surface area contributed by atoms with Crippen LogP contribution in [-0.2, 0) is 4.79 Å². The van der Waals surface area contributed by atoms with Crippen molar-refractivity contribution in [3.05, 3.63) is 41.4 Å². The van der Waals surface area contributed by atoms with E-state index in [0.717, 1.165) is 0 Å². The van der Waals surface area contributed by atoms with Gasteiger partial charge in [0.05, 0.1) is 18.4 Å². The summed E-state index contributed by atoms with van der Waals surface area (Å²) in [6.07, 6.45) is 0. The predicted octanol–water partition coefficient (Wildman–Crippen LogP) is 3.64. The number of H-pyrrole nitrogens is 1. The minimum Gasteiger partial charge on any atom is -0.496 e. The number of amides is 1. The highest BCUT2D eigenvalue weighted by Crippen LogP contribution is 2.33. The van der Waals surface area contributed by atoms with Crippen LogP contribution >= 0.6 is 23.4 Å². The van der Waals surface area contributed by atoms with Gasteiger partial charge in [-0.2, -0.15) is 0 Å². The number of benzene rings is 2. The number of aromatic amines is 1. The fourth-order valence-electron chi connectivity index (χ4n) is 2.74. The molecule has 0 radical (unpaired) electrons. The largest absolute Gasteiger partial charge is 0.496 e. The van der Waals surface area contributed by atoms with Crippen LogP contribution < -0.4 is 19.5 Å². The lowest BCUT2D eigenvalue weighted by Crippen LogP contribution is -2.17. The van der Waals surface area contributed by atoms with Crippen molar-refractivity contribution < 1.29 is 19.0 Å². The molecule has 0 aliphatic carbocycles. The summed E-state index contributed by atoms with van der Waals surface area (Å²) in [6.45, 7) is 1.01. The number of aromatic nitrogens is 3. The molecular weight excluding hydrogens is 416 g/mol. The third-order valence-corrected chi connectivity index (χ3v) is 5.12. The van der Waals surface area contributed by atoms with Crippen molar-refractivity contribution in [2.75, 3.05) is 31.4 Å². The second-order valence-corrected chi connectivity index (χ2v) is 7.39. The first-order valence-electron chi connectivity index (χ1n) is 8.71. The lowest BCUT2D eigenvalue weighted by molar-refractivity contribution is -0.113. The second kappa shape index (κ2) is 8.62. The average molecular weight is 433 g/mol. The van der Waals surface area contributed by atoms with Crippen LogP contribution in [0.4, 0.5) is 5.69 Å². The zero-order valence-electron chi connectivity index (χ0n) is 15.4. The molecule has 2 heterocycles. The SMILES string of the molecule is COc1ccc(Cl)cc1-c1nc(SCC(=O)Nc2ccc3c(c2)OCCO3)n[nH]1. The molecule has 1 aliphatic heterocycles. The molecule has 0 bridgehead atoms. The molecule has 1 aliphatic rings. The van der Waals surface area contributed by atoms with Gasteiger partial charge in [0, 0.05) is 16.8 Å². The summed E-state index contributed by atoms with van der Waals surface area (Å²) in [5.74, 6) is 2.40. The second-order valence-electron chi connectivity index (χ2n) is 6.01. The van der Waals surface area contributed by atoms with Gasteiger partial charge in [0.1, 0.15) is 19.0 Å². The van der Waals surface area contributed by atoms with Crippen LogP contribution in [0.3, 0.4) is 0 Å². The van der Waals surface area contributed by atoms with Crippen LogP contribution in [0.5, 0.6) is 17.2 Å². The van der Waals surface area contributed by atoms with Crippen molar-refractivity contribution in [1.82, 2.24) is 15.2 Å². The Bertz CT molecular complexity index is 1040. The Morgan fingerprint density at radius 3 is 2.90 bits per heavy atom. The fourth-order valence-corrected chi connectivity index (χ4v) is 3.52. The molecule has 1 aromatic heterocycles. The van der Waals surface area contributed by atoms with Gasteiger partial charge in [-0.05, 0) is 30.3 Å². The average Bonchev–Trinajstić information content (AvgIpc) is 3.21. The Kier molecular flexibility index (Phi) is 5.77. The van der Waals surface area contributed by atoms with Gasteiger partial charge in [-0.15, -0.1) is 5.10 Å². The zero-order valence-corrected chi connectivity index (χ0v) is 17.0. The Morgan fingerprint density at radius 2 is 2.07 bits per heavy atom. The number of methoxy groups -OCH3 is 1. The van der Waals surface area contributed by atoms with Crippen molar-refractivity contribution in [2.45, 2.75) is 5.16 Å². The van der Waals surface area contributed by atoms with Crippen LogP contribution in [0.25, 0.3) is 11.4 Å². The van der Waals surface area contributed by atoms with E-state index in [-0.39, 0.29) is 11.7 Å². The van der Waals surface area contributed by atoms with Gasteiger partial charge in [-0.3, -0.25) is 9.89 Å². The highest BCUT2D eigenvalue weighted by atomic mass is 35.5. The first-order chi connectivity index (χ1) is 14.1. The van der Waals surface area contributed by atoms with Gasteiger partial charge < -0.3 is 19.5 Å². The standard InChI is InChI=1S/C19H17ClN4O4S/c1-26-14-4-2-11(20)8-13(14)18-22-19(24-23-18)29-10-17(25)21-12-3-5-15-16(9-12)28-7-6-27-15/h2-5,8-9H,6-7,10H2,1H3,(H,21,25)(H,22,23,24). The molecule has 10 heteroatoms. The fraction of sp³-hybridized carbons (Fsp3) is 0.211. The number of rotatable bonds is 6. The number of nitrogens with one attached hydrogen (secondary N) is 2. The van der Waals surface area contributed by atoms with E-state index in [1.54, 1.807) is 43.5 Å². The minimum atomic E-state index is -0.182. The summed E-state index contributed by atoms with van der Waals surface area (Å²) in [5.41, 5.74) is 1.33. The maximum atomic E-state index is 12.3. The topological polar surface area (TPSA) is 98.4 Å². The molecule has 150 valence electrons. The molecule has 3 aromatic rings. The van der Waals surface area contributed by atoms with Crippen LogP contribution in [0.2, 0.25) is 5.02 Å². The Balaban J connectivity index is 1.37. The van der Waals surface area contributed by atoms with Gasteiger partial charge in [-0.1, -0.05) is 23.4 Å². The van der Waals surface area contributed by atoms with E-state index in [1.807, 2.05) is 0 Å². The van der Waals surface area contributed by atoms with Crippen molar-refractivity contribution in [2.24, 2.45) is 0 Å². The molecule has 0 saturated carbocycles. The number of carbonyl (C=O) groups excluding carboxylic acids is 1. The number of ether oxygens (including phenoxy) is 3. The van der Waals surface area contributed by atoms with Crippen molar-refractivity contribution >= 4 is 35.0 Å². The lowest BCUT2D eigenvalue weighted by Gasteiger charge is -2.18. The zero-order chi connectivity index (χ0) is 20.2. The monoisotopic (exact) mass is 432 g/mol. The number of hydrogen-bond donors (Lipinski definition) is 2. The third kappa shape index (κ3) is 4.57. The summed E-state index contributed by atoms with van der Waals surface area (Å²) in [7, 11) is 1.57. The van der Waals surface area contributed by atoms with E-state index in [9.17, 15) is 4.79 Å². The maximum absolute atomic E-state index is 12.3. The minimum absolute atomic E-state index is 0.151. The summed E-state index contributed by atoms with van der Waals surface area (Å²) in [5, 5.41) is 10.8. The van der Waals surface area contributed by atoms with E-state index < -0.39 is 0 Å². The molecule has 29 heavy (non-hydrogen) atoms. The summed E-state index contributed by atoms with van der Waals surface area (Å²) in [4.78, 5) is 16.7. The molecule has 0 unspecified atom stereocenters. The normalized spacial score (nSPS) is 12.5. The number of thioether (sulfide) groups is 1. The van der Waals surface area contributed by atoms with Crippen molar-refractivity contribution in [3.8, 4) is 28.6 Å². The molecule has 4 rings (SSSR count). The van der Waals surface area contributed by atoms with Crippen LogP contribution in [0.15, 0.2) is 41.6 Å². The van der Waals surface area contributed by atoms with Gasteiger partial charge in [0.2, 0.25) is 11.1 Å².